The number of nitrogens with zero attached hydrogens (tertiary/aromatic N) is 2. The summed E-state index contributed by atoms with van der Waals surface area (Å²) in [4.78, 5) is 16.5. The van der Waals surface area contributed by atoms with E-state index in [1.807, 2.05) is 12.1 Å². The van der Waals surface area contributed by atoms with Crippen molar-refractivity contribution in [3.05, 3.63) is 71.5 Å². The fraction of sp³-hybridized carbons (Fsp3) is 0.0667. The Morgan fingerprint density at radius 1 is 0.632 bits per heavy atom. The van der Waals surface area contributed by atoms with Crippen LogP contribution in [0.4, 0.5) is 0 Å². The van der Waals surface area contributed by atoms with Gasteiger partial charge in [0.2, 0.25) is 0 Å². The maximum absolute atomic E-state index is 8.24. The molecule has 4 heteroatoms. The van der Waals surface area contributed by atoms with E-state index in [-0.39, 0.29) is 7.43 Å². The lowest BCUT2D eigenvalue weighted by atomic mass is 10.1. The quantitative estimate of drug-likeness (QED) is 0.573. The topological polar surface area (TPSA) is 78.7 Å². The van der Waals surface area contributed by atoms with Gasteiger partial charge in [-0.15, -0.1) is 0 Å². The molecule has 0 aromatic heterocycles. The minimum absolute atomic E-state index is 0. The predicted molar refractivity (Wildman–Crippen MR) is 76.7 cm³/mol. The van der Waals surface area contributed by atoms with Crippen LogP contribution < -0.4 is 0 Å². The lowest BCUT2D eigenvalue weighted by Crippen LogP contribution is -1.73. The smallest absolute Gasteiger partial charge is 0.0159 e. The molecule has 19 heavy (non-hydrogen) atoms. The number of hydrogen-bond acceptors (Lipinski definition) is 2. The summed E-state index contributed by atoms with van der Waals surface area (Å²) in [6.45, 7) is 0. The number of rotatable bonds is 1. The van der Waals surface area contributed by atoms with E-state index in [0.717, 1.165) is 0 Å². The molecule has 0 heterocycles. The summed E-state index contributed by atoms with van der Waals surface area (Å²) in [5, 5.41) is 13.5. The van der Waals surface area contributed by atoms with E-state index in [2.05, 4.69) is 48.5 Å². The van der Waals surface area contributed by atoms with E-state index in [1.54, 1.807) is 0 Å². The third-order valence-electron chi connectivity index (χ3n) is 1.88. The maximum Gasteiger partial charge on any atom is -0.0159 e. The fourth-order valence-electron chi connectivity index (χ4n) is 1.26. The van der Waals surface area contributed by atoms with E-state index in [0.29, 0.717) is 12.2 Å². The van der Waals surface area contributed by atoms with Crippen molar-refractivity contribution in [3.8, 4) is 11.1 Å². The lowest BCUT2D eigenvalue weighted by molar-refractivity contribution is 0.568. The van der Waals surface area contributed by atoms with E-state index < -0.39 is 0 Å². The molecule has 0 aliphatic carbocycles. The van der Waals surface area contributed by atoms with Gasteiger partial charge < -0.3 is 10.8 Å². The highest BCUT2D eigenvalue weighted by Gasteiger charge is 1.91. The number of isocyanates is 2. The summed E-state index contributed by atoms with van der Waals surface area (Å²) < 4.78 is 0. The van der Waals surface area contributed by atoms with E-state index >= 15 is 0 Å². The van der Waals surface area contributed by atoms with Gasteiger partial charge in [0.15, 0.2) is 0 Å². The van der Waals surface area contributed by atoms with E-state index in [4.69, 9.17) is 20.4 Å². The van der Waals surface area contributed by atoms with Crippen LogP contribution in [-0.4, -0.2) is 12.2 Å². The number of carbonyl (C=O) groups excluding carboxylic acids is 2. The predicted octanol–water partition coefficient (Wildman–Crippen LogP) is 3.77. The van der Waals surface area contributed by atoms with Crippen molar-refractivity contribution < 1.29 is 9.59 Å². The molecule has 2 aromatic rings. The molecule has 0 aliphatic rings. The van der Waals surface area contributed by atoms with Crippen molar-refractivity contribution >= 4 is 12.2 Å². The first-order chi connectivity index (χ1) is 8.79. The minimum Gasteiger partial charge on any atom is -0.724 e. The van der Waals surface area contributed by atoms with Crippen LogP contribution in [0.25, 0.3) is 21.9 Å². The zero-order chi connectivity index (χ0) is 13.6. The van der Waals surface area contributed by atoms with Gasteiger partial charge in [0.1, 0.15) is 0 Å². The first kappa shape index (κ1) is 18.6. The maximum atomic E-state index is 8.24. The zero-order valence-electron chi connectivity index (χ0n) is 9.48. The van der Waals surface area contributed by atoms with Gasteiger partial charge in [0, 0.05) is 0 Å². The second-order valence-electron chi connectivity index (χ2n) is 2.91. The van der Waals surface area contributed by atoms with Crippen LogP contribution in [0.15, 0.2) is 60.7 Å². The van der Waals surface area contributed by atoms with Gasteiger partial charge >= 0.3 is 0 Å². The highest BCUT2D eigenvalue weighted by atomic mass is 16.1. The van der Waals surface area contributed by atoms with Crippen LogP contribution in [0.5, 0.6) is 0 Å². The largest absolute Gasteiger partial charge is 0.724 e. The molecule has 0 amide bonds. The summed E-state index contributed by atoms with van der Waals surface area (Å²) in [6, 6.07) is 20.8. The molecule has 2 aromatic carbocycles. The Labute approximate surface area is 112 Å². The molecule has 0 spiro atoms. The molecule has 0 unspecified atom stereocenters. The molecule has 0 aliphatic heterocycles. The molecular formula is C15H14N2O2-2. The van der Waals surface area contributed by atoms with Crippen molar-refractivity contribution in [1.29, 1.82) is 0 Å². The van der Waals surface area contributed by atoms with Gasteiger partial charge in [-0.2, -0.15) is 0 Å². The summed E-state index contributed by atoms with van der Waals surface area (Å²) in [5.41, 5.74) is 2.55. The van der Waals surface area contributed by atoms with Gasteiger partial charge in [0.05, 0.1) is 0 Å². The van der Waals surface area contributed by atoms with Crippen molar-refractivity contribution in [1.82, 2.24) is 0 Å². The first-order valence-corrected chi connectivity index (χ1v) is 4.93. The van der Waals surface area contributed by atoms with Crippen molar-refractivity contribution in [2.75, 3.05) is 0 Å². The molecule has 0 fully saturated rings. The molecular weight excluding hydrogens is 240 g/mol. The summed E-state index contributed by atoms with van der Waals surface area (Å²) >= 11 is 0. The van der Waals surface area contributed by atoms with Crippen molar-refractivity contribution in [2.45, 2.75) is 7.43 Å². The average Bonchev–Trinajstić information content (AvgIpc) is 2.43. The summed E-state index contributed by atoms with van der Waals surface area (Å²) in [5.74, 6) is 0. The van der Waals surface area contributed by atoms with Crippen molar-refractivity contribution in [2.24, 2.45) is 0 Å². The lowest BCUT2D eigenvalue weighted by Gasteiger charge is -1.98. The Hall–Kier alpha value is -2.80. The van der Waals surface area contributed by atoms with Crippen LogP contribution in [-0.2, 0) is 9.59 Å². The number of benzene rings is 2. The van der Waals surface area contributed by atoms with E-state index in [9.17, 15) is 0 Å². The Morgan fingerprint density at radius 3 is 1.05 bits per heavy atom. The highest BCUT2D eigenvalue weighted by Crippen LogP contribution is 2.17. The minimum atomic E-state index is 0. The standard InChI is InChI=1S/C12H10.2CNO.CH4/c1-3-7-11(8-4-1)12-9-5-2-6-10-12;2*2-1-3;/h1-10H;;;1H4/q;2*-1;. The molecule has 0 saturated heterocycles. The fourth-order valence-corrected chi connectivity index (χ4v) is 1.26. The third-order valence-corrected chi connectivity index (χ3v) is 1.88. The van der Waals surface area contributed by atoms with Crippen LogP contribution in [0.2, 0.25) is 0 Å². The second-order valence-corrected chi connectivity index (χ2v) is 2.91. The van der Waals surface area contributed by atoms with Crippen LogP contribution in [0.1, 0.15) is 7.43 Å². The molecule has 0 radical (unpaired) electrons. The van der Waals surface area contributed by atoms with Crippen molar-refractivity contribution in [3.63, 3.8) is 0 Å². The Kier molecular flexibility index (Phi) is 13.0. The highest BCUT2D eigenvalue weighted by molar-refractivity contribution is 5.62. The first-order valence-electron chi connectivity index (χ1n) is 4.93. The Balaban J connectivity index is 0. The molecule has 0 bridgehead atoms. The molecule has 0 saturated carbocycles. The summed E-state index contributed by atoms with van der Waals surface area (Å²) in [6.07, 6.45) is 1.00. The molecule has 0 N–H and O–H groups in total. The normalized spacial score (nSPS) is 6.95. The number of hydrogen-bond donors (Lipinski definition) is 0. The summed E-state index contributed by atoms with van der Waals surface area (Å²) in [7, 11) is 0. The van der Waals surface area contributed by atoms with Gasteiger partial charge in [-0.05, 0) is 23.3 Å². The SMILES string of the molecule is C.[N-]=C=O.[N-]=C=O.c1ccc(-c2ccccc2)cc1. The Bertz CT molecular complexity index is 449. The molecule has 0 atom stereocenters. The van der Waals surface area contributed by atoms with Gasteiger partial charge in [-0.3, -0.25) is 9.59 Å². The van der Waals surface area contributed by atoms with Gasteiger partial charge in [-0.1, -0.05) is 68.1 Å². The van der Waals surface area contributed by atoms with Crippen LogP contribution in [0, 0.1) is 0 Å². The van der Waals surface area contributed by atoms with E-state index in [1.165, 1.54) is 11.1 Å². The van der Waals surface area contributed by atoms with Gasteiger partial charge in [-0.25, -0.2) is 0 Å². The second kappa shape index (κ2) is 13.3. The zero-order valence-corrected chi connectivity index (χ0v) is 9.48. The molecule has 98 valence electrons. The van der Waals surface area contributed by atoms with Crippen LogP contribution >= 0.6 is 0 Å². The third kappa shape index (κ3) is 8.95. The molecule has 4 nitrogen and oxygen atoms in total. The Morgan fingerprint density at radius 2 is 0.842 bits per heavy atom. The average molecular weight is 254 g/mol. The monoisotopic (exact) mass is 254 g/mol. The van der Waals surface area contributed by atoms with Gasteiger partial charge in [0.25, 0.3) is 0 Å². The van der Waals surface area contributed by atoms with Crippen LogP contribution in [0.3, 0.4) is 0 Å². The molecule has 2 rings (SSSR count).